The van der Waals surface area contributed by atoms with E-state index in [0.29, 0.717) is 23.8 Å². The quantitative estimate of drug-likeness (QED) is 0.807. The molecule has 8 nitrogen and oxygen atoms in total. The number of hydrogen-bond donors (Lipinski definition) is 2. The number of aryl methyl sites for hydroxylation is 1. The molecule has 8 heteroatoms. The molecule has 0 saturated carbocycles. The van der Waals surface area contributed by atoms with Crippen molar-refractivity contribution in [2.75, 3.05) is 12.3 Å². The Morgan fingerprint density at radius 3 is 3.00 bits per heavy atom. The van der Waals surface area contributed by atoms with Crippen molar-refractivity contribution in [1.29, 1.82) is 0 Å². The fourth-order valence-electron chi connectivity index (χ4n) is 2.85. The molecule has 1 fully saturated rings. The summed E-state index contributed by atoms with van der Waals surface area (Å²) in [5.74, 6) is 0.719. The molecule has 112 valence electrons. The first kappa shape index (κ1) is 13.7. The number of amides is 1. The average Bonchev–Trinajstić information content (AvgIpc) is 2.81. The van der Waals surface area contributed by atoms with Crippen LogP contribution in [0.3, 0.4) is 0 Å². The van der Waals surface area contributed by atoms with Gasteiger partial charge in [-0.25, -0.2) is 9.97 Å². The van der Waals surface area contributed by atoms with Crippen LogP contribution in [-0.4, -0.2) is 43.1 Å². The van der Waals surface area contributed by atoms with Crippen LogP contribution in [0.25, 0.3) is 11.0 Å². The molecule has 2 aromatic rings. The lowest BCUT2D eigenvalue weighted by molar-refractivity contribution is -0.124. The van der Waals surface area contributed by atoms with Crippen molar-refractivity contribution >= 4 is 22.8 Å². The average molecular weight is 289 g/mol. The van der Waals surface area contributed by atoms with Crippen LogP contribution in [0.5, 0.6) is 0 Å². The summed E-state index contributed by atoms with van der Waals surface area (Å²) in [4.78, 5) is 22.4. The predicted molar refractivity (Wildman–Crippen MR) is 78.0 cm³/mol. The fraction of sp³-hybridized carbons (Fsp3) is 0.538. The maximum absolute atomic E-state index is 11.5. The van der Waals surface area contributed by atoms with Crippen LogP contribution < -0.4 is 11.5 Å². The number of likely N-dealkylation sites (tertiary alicyclic amines) is 1. The summed E-state index contributed by atoms with van der Waals surface area (Å²) in [6, 6.07) is -0.245. The summed E-state index contributed by atoms with van der Waals surface area (Å²) in [6.45, 7) is 1.29. The highest BCUT2D eigenvalue weighted by Crippen LogP contribution is 2.21. The molecule has 0 aliphatic carbocycles. The molecule has 1 amide bonds. The third-order valence-electron chi connectivity index (χ3n) is 3.95. The van der Waals surface area contributed by atoms with Crippen LogP contribution >= 0.6 is 0 Å². The highest BCUT2D eigenvalue weighted by Gasteiger charge is 2.27. The molecule has 1 atom stereocenters. The normalized spacial score (nSPS) is 20.0. The molecule has 0 radical (unpaired) electrons. The Morgan fingerprint density at radius 2 is 2.24 bits per heavy atom. The van der Waals surface area contributed by atoms with Crippen molar-refractivity contribution in [3.63, 3.8) is 0 Å². The Bertz CT molecular complexity index is 680. The number of rotatable bonds is 3. The molecule has 1 aliphatic heterocycles. The van der Waals surface area contributed by atoms with Crippen molar-refractivity contribution < 1.29 is 4.79 Å². The maximum Gasteiger partial charge on any atom is 0.234 e. The van der Waals surface area contributed by atoms with Gasteiger partial charge < -0.3 is 11.5 Å². The molecule has 1 saturated heterocycles. The number of aromatic nitrogens is 4. The van der Waals surface area contributed by atoms with Gasteiger partial charge in [0.05, 0.1) is 24.2 Å². The Kier molecular flexibility index (Phi) is 3.46. The molecule has 0 aromatic carbocycles. The zero-order valence-electron chi connectivity index (χ0n) is 12.0. The second kappa shape index (κ2) is 5.28. The lowest BCUT2D eigenvalue weighted by atomic mass is 10.0. The van der Waals surface area contributed by atoms with Gasteiger partial charge in [-0.1, -0.05) is 6.42 Å². The first-order valence-electron chi connectivity index (χ1n) is 7.03. The third-order valence-corrected chi connectivity index (χ3v) is 3.95. The standard InChI is InChI=1S/C13H19N7O/c1-19-13-8(6-16-19)11(14)17-10(18-13)7-20-5-3-2-4-9(20)12(15)21/h6,9H,2-5,7H2,1H3,(H2,15,21)(H2,14,17,18). The Hall–Kier alpha value is -2.22. The van der Waals surface area contributed by atoms with Crippen molar-refractivity contribution in [3.8, 4) is 0 Å². The highest BCUT2D eigenvalue weighted by molar-refractivity contribution is 5.85. The van der Waals surface area contributed by atoms with Gasteiger partial charge in [-0.2, -0.15) is 5.10 Å². The molecule has 3 rings (SSSR count). The van der Waals surface area contributed by atoms with E-state index in [2.05, 4.69) is 15.1 Å². The van der Waals surface area contributed by atoms with Gasteiger partial charge in [0.1, 0.15) is 11.6 Å². The summed E-state index contributed by atoms with van der Waals surface area (Å²) < 4.78 is 1.67. The summed E-state index contributed by atoms with van der Waals surface area (Å²) in [6.07, 6.45) is 4.52. The Balaban J connectivity index is 1.90. The lowest BCUT2D eigenvalue weighted by Gasteiger charge is -2.32. The first-order valence-corrected chi connectivity index (χ1v) is 7.03. The van der Waals surface area contributed by atoms with E-state index in [0.717, 1.165) is 31.2 Å². The number of fused-ring (bicyclic) bond motifs is 1. The van der Waals surface area contributed by atoms with Crippen molar-refractivity contribution in [3.05, 3.63) is 12.0 Å². The molecule has 2 aromatic heterocycles. The number of nitrogens with two attached hydrogens (primary N) is 2. The van der Waals surface area contributed by atoms with E-state index in [4.69, 9.17) is 11.5 Å². The number of nitrogen functional groups attached to an aromatic ring is 1. The van der Waals surface area contributed by atoms with Gasteiger partial charge in [-0.3, -0.25) is 14.4 Å². The second-order valence-corrected chi connectivity index (χ2v) is 5.41. The lowest BCUT2D eigenvalue weighted by Crippen LogP contribution is -2.47. The fourth-order valence-corrected chi connectivity index (χ4v) is 2.85. The molecule has 1 aliphatic rings. The van der Waals surface area contributed by atoms with Crippen LogP contribution in [0.1, 0.15) is 25.1 Å². The highest BCUT2D eigenvalue weighted by atomic mass is 16.1. The topological polar surface area (TPSA) is 116 Å². The largest absolute Gasteiger partial charge is 0.383 e. The first-order chi connectivity index (χ1) is 10.1. The number of hydrogen-bond acceptors (Lipinski definition) is 6. The number of piperidine rings is 1. The number of carbonyl (C=O) groups is 1. The summed E-state index contributed by atoms with van der Waals surface area (Å²) in [7, 11) is 1.81. The third kappa shape index (κ3) is 2.54. The van der Waals surface area contributed by atoms with Crippen molar-refractivity contribution in [1.82, 2.24) is 24.6 Å². The molecule has 0 bridgehead atoms. The van der Waals surface area contributed by atoms with Crippen LogP contribution in [0.4, 0.5) is 5.82 Å². The minimum Gasteiger partial charge on any atom is -0.383 e. The van der Waals surface area contributed by atoms with Crippen LogP contribution in [0.2, 0.25) is 0 Å². The van der Waals surface area contributed by atoms with Gasteiger partial charge in [0.15, 0.2) is 5.65 Å². The van der Waals surface area contributed by atoms with E-state index in [9.17, 15) is 4.79 Å². The number of carbonyl (C=O) groups excluding carboxylic acids is 1. The Labute approximate surface area is 122 Å². The monoisotopic (exact) mass is 289 g/mol. The molecule has 1 unspecified atom stereocenters. The van der Waals surface area contributed by atoms with Crippen molar-refractivity contribution in [2.24, 2.45) is 12.8 Å². The predicted octanol–water partition coefficient (Wildman–Crippen LogP) is -0.215. The van der Waals surface area contributed by atoms with E-state index >= 15 is 0 Å². The van der Waals surface area contributed by atoms with Gasteiger partial charge in [0.2, 0.25) is 5.91 Å². The van der Waals surface area contributed by atoms with Crippen LogP contribution in [0.15, 0.2) is 6.20 Å². The van der Waals surface area contributed by atoms with E-state index in [-0.39, 0.29) is 11.9 Å². The minimum atomic E-state index is -0.288. The minimum absolute atomic E-state index is 0.245. The van der Waals surface area contributed by atoms with E-state index in [1.54, 1.807) is 10.9 Å². The smallest absolute Gasteiger partial charge is 0.234 e. The van der Waals surface area contributed by atoms with Crippen LogP contribution in [0, 0.1) is 0 Å². The number of nitrogens with zero attached hydrogens (tertiary/aromatic N) is 5. The molecular weight excluding hydrogens is 270 g/mol. The molecule has 4 N–H and O–H groups in total. The number of anilines is 1. The van der Waals surface area contributed by atoms with E-state index < -0.39 is 0 Å². The zero-order chi connectivity index (χ0) is 15.0. The van der Waals surface area contributed by atoms with Crippen molar-refractivity contribution in [2.45, 2.75) is 31.8 Å². The Morgan fingerprint density at radius 1 is 1.43 bits per heavy atom. The summed E-state index contributed by atoms with van der Waals surface area (Å²) in [5, 5.41) is 4.88. The van der Waals surface area contributed by atoms with Gasteiger partial charge in [-0.05, 0) is 19.4 Å². The number of primary amides is 1. The summed E-state index contributed by atoms with van der Waals surface area (Å²) >= 11 is 0. The second-order valence-electron chi connectivity index (χ2n) is 5.41. The van der Waals surface area contributed by atoms with E-state index in [1.807, 2.05) is 11.9 Å². The molecule has 3 heterocycles. The van der Waals surface area contributed by atoms with Gasteiger partial charge in [-0.15, -0.1) is 0 Å². The molecule has 0 spiro atoms. The van der Waals surface area contributed by atoms with Gasteiger partial charge in [0.25, 0.3) is 0 Å². The molecule has 21 heavy (non-hydrogen) atoms. The summed E-state index contributed by atoms with van der Waals surface area (Å²) in [5.41, 5.74) is 12.1. The zero-order valence-corrected chi connectivity index (χ0v) is 12.0. The molecular formula is C13H19N7O. The maximum atomic E-state index is 11.5. The van der Waals surface area contributed by atoms with Gasteiger partial charge in [0, 0.05) is 7.05 Å². The SMILES string of the molecule is Cn1ncc2c(N)nc(CN3CCCCC3C(N)=O)nc21. The van der Waals surface area contributed by atoms with Crippen LogP contribution in [-0.2, 0) is 18.4 Å². The van der Waals surface area contributed by atoms with Gasteiger partial charge >= 0.3 is 0 Å². The van der Waals surface area contributed by atoms with E-state index in [1.165, 1.54) is 0 Å².